The molecule has 0 saturated heterocycles. The topological polar surface area (TPSA) is 56.3 Å². The van der Waals surface area contributed by atoms with Gasteiger partial charge in [0.2, 0.25) is 11.8 Å². The van der Waals surface area contributed by atoms with Crippen molar-refractivity contribution in [3.8, 4) is 11.8 Å². The van der Waals surface area contributed by atoms with Gasteiger partial charge in [-0.05, 0) is 34.6 Å². The Morgan fingerprint density at radius 1 is 1.29 bits per heavy atom. The van der Waals surface area contributed by atoms with Gasteiger partial charge in [0.25, 0.3) is 0 Å². The molecule has 2 aromatic rings. The number of methoxy groups -OCH3 is 2. The second kappa shape index (κ2) is 7.06. The van der Waals surface area contributed by atoms with Crippen LogP contribution in [0.1, 0.15) is 17.3 Å². The summed E-state index contributed by atoms with van der Waals surface area (Å²) in [5, 5.41) is 3.81. The van der Waals surface area contributed by atoms with E-state index < -0.39 is 0 Å². The van der Waals surface area contributed by atoms with Gasteiger partial charge in [-0.1, -0.05) is 23.7 Å². The SMILES string of the molecule is CNC(c1cccc(Br)c1Cl)c1ncc(OC)nc1OC. The van der Waals surface area contributed by atoms with Crippen molar-refractivity contribution in [1.29, 1.82) is 0 Å². The van der Waals surface area contributed by atoms with Crippen LogP contribution in [0.15, 0.2) is 28.9 Å². The van der Waals surface area contributed by atoms with E-state index in [-0.39, 0.29) is 6.04 Å². The maximum absolute atomic E-state index is 6.37. The van der Waals surface area contributed by atoms with E-state index in [1.165, 1.54) is 7.11 Å². The molecule has 1 aromatic carbocycles. The molecule has 0 radical (unpaired) electrons. The molecule has 0 fully saturated rings. The zero-order valence-corrected chi connectivity index (χ0v) is 14.2. The van der Waals surface area contributed by atoms with Crippen LogP contribution in [0.2, 0.25) is 5.02 Å². The van der Waals surface area contributed by atoms with Crippen LogP contribution in [0, 0.1) is 0 Å². The summed E-state index contributed by atoms with van der Waals surface area (Å²) in [6, 6.07) is 5.48. The molecule has 1 heterocycles. The van der Waals surface area contributed by atoms with Crippen LogP contribution in [0.3, 0.4) is 0 Å². The molecule has 1 atom stereocenters. The summed E-state index contributed by atoms with van der Waals surface area (Å²) in [6.07, 6.45) is 1.55. The summed E-state index contributed by atoms with van der Waals surface area (Å²) < 4.78 is 11.2. The van der Waals surface area contributed by atoms with Crippen LogP contribution >= 0.6 is 27.5 Å². The van der Waals surface area contributed by atoms with Crippen molar-refractivity contribution in [2.24, 2.45) is 0 Å². The summed E-state index contributed by atoms with van der Waals surface area (Å²) in [7, 11) is 4.90. The van der Waals surface area contributed by atoms with Gasteiger partial charge in [0, 0.05) is 4.47 Å². The summed E-state index contributed by atoms with van der Waals surface area (Å²) in [6.45, 7) is 0. The van der Waals surface area contributed by atoms with Gasteiger partial charge in [0.15, 0.2) is 0 Å². The molecule has 0 amide bonds. The number of aromatic nitrogens is 2. The van der Waals surface area contributed by atoms with Gasteiger partial charge in [-0.3, -0.25) is 0 Å². The number of halogens is 2. The van der Waals surface area contributed by atoms with E-state index in [9.17, 15) is 0 Å². The van der Waals surface area contributed by atoms with Crippen LogP contribution in [0.5, 0.6) is 11.8 Å². The Hall–Kier alpha value is -1.37. The third-order valence-electron chi connectivity index (χ3n) is 3.00. The highest BCUT2D eigenvalue weighted by molar-refractivity contribution is 9.10. The van der Waals surface area contributed by atoms with E-state index in [2.05, 4.69) is 31.2 Å². The molecular weight excluding hydrogens is 358 g/mol. The Balaban J connectivity index is 2.53. The van der Waals surface area contributed by atoms with E-state index in [0.29, 0.717) is 22.5 Å². The zero-order chi connectivity index (χ0) is 15.4. The van der Waals surface area contributed by atoms with Crippen LogP contribution < -0.4 is 14.8 Å². The van der Waals surface area contributed by atoms with E-state index in [1.54, 1.807) is 13.3 Å². The molecule has 0 aliphatic rings. The van der Waals surface area contributed by atoms with Crippen LogP contribution in [0.4, 0.5) is 0 Å². The van der Waals surface area contributed by atoms with Crippen molar-refractivity contribution < 1.29 is 9.47 Å². The predicted molar refractivity (Wildman–Crippen MR) is 85.2 cm³/mol. The minimum atomic E-state index is -0.247. The van der Waals surface area contributed by atoms with E-state index >= 15 is 0 Å². The van der Waals surface area contributed by atoms with Gasteiger partial charge in [-0.15, -0.1) is 0 Å². The second-order valence-corrected chi connectivity index (χ2v) is 5.40. The number of nitrogens with zero attached hydrogens (tertiary/aromatic N) is 2. The van der Waals surface area contributed by atoms with Crippen molar-refractivity contribution >= 4 is 27.5 Å². The Morgan fingerprint density at radius 2 is 2.05 bits per heavy atom. The molecular formula is C14H15BrClN3O2. The molecule has 5 nitrogen and oxygen atoms in total. The van der Waals surface area contributed by atoms with Gasteiger partial charge in [0.05, 0.1) is 31.5 Å². The average Bonchev–Trinajstić information content (AvgIpc) is 2.52. The van der Waals surface area contributed by atoms with Crippen LogP contribution in [0.25, 0.3) is 0 Å². The Morgan fingerprint density at radius 3 is 2.67 bits per heavy atom. The number of benzene rings is 1. The number of rotatable bonds is 5. The third-order valence-corrected chi connectivity index (χ3v) is 4.31. The summed E-state index contributed by atoms with van der Waals surface area (Å²) >= 11 is 9.80. The van der Waals surface area contributed by atoms with Crippen molar-refractivity contribution in [1.82, 2.24) is 15.3 Å². The molecule has 7 heteroatoms. The number of ether oxygens (including phenoxy) is 2. The fourth-order valence-corrected chi connectivity index (χ4v) is 2.61. The van der Waals surface area contributed by atoms with Gasteiger partial charge in [-0.25, -0.2) is 4.98 Å². The van der Waals surface area contributed by atoms with Gasteiger partial charge >= 0.3 is 0 Å². The highest BCUT2D eigenvalue weighted by Gasteiger charge is 2.23. The quantitative estimate of drug-likeness (QED) is 0.873. The molecule has 0 spiro atoms. The fourth-order valence-electron chi connectivity index (χ4n) is 2.00. The molecule has 2 rings (SSSR count). The van der Waals surface area contributed by atoms with E-state index in [4.69, 9.17) is 21.1 Å². The molecule has 1 N–H and O–H groups in total. The largest absolute Gasteiger partial charge is 0.480 e. The Labute approximate surface area is 136 Å². The lowest BCUT2D eigenvalue weighted by Crippen LogP contribution is -2.20. The molecule has 1 aromatic heterocycles. The minimum absolute atomic E-state index is 0.247. The summed E-state index contributed by atoms with van der Waals surface area (Å²) in [5.74, 6) is 0.788. The third kappa shape index (κ3) is 3.28. The first kappa shape index (κ1) is 16.0. The van der Waals surface area contributed by atoms with E-state index in [0.717, 1.165) is 10.0 Å². The minimum Gasteiger partial charge on any atom is -0.480 e. The van der Waals surface area contributed by atoms with Gasteiger partial charge in [-0.2, -0.15) is 4.98 Å². The van der Waals surface area contributed by atoms with Gasteiger partial charge < -0.3 is 14.8 Å². The first-order chi connectivity index (χ1) is 10.1. The molecule has 0 aliphatic heterocycles. The first-order valence-electron chi connectivity index (χ1n) is 6.18. The highest BCUT2D eigenvalue weighted by atomic mass is 79.9. The number of nitrogens with one attached hydrogen (secondary N) is 1. The fraction of sp³-hybridized carbons (Fsp3) is 0.286. The zero-order valence-electron chi connectivity index (χ0n) is 11.9. The lowest BCUT2D eigenvalue weighted by Gasteiger charge is -2.19. The highest BCUT2D eigenvalue weighted by Crippen LogP contribution is 2.35. The Kier molecular flexibility index (Phi) is 5.39. The molecule has 112 valence electrons. The maximum Gasteiger partial charge on any atom is 0.240 e. The van der Waals surface area contributed by atoms with Crippen molar-refractivity contribution in [2.45, 2.75) is 6.04 Å². The maximum atomic E-state index is 6.37. The predicted octanol–water partition coefficient (Wildman–Crippen LogP) is 3.22. The number of hydrogen-bond donors (Lipinski definition) is 1. The lowest BCUT2D eigenvalue weighted by molar-refractivity contribution is 0.353. The lowest BCUT2D eigenvalue weighted by atomic mass is 10.0. The standard InChI is InChI=1S/C14H15BrClN3O2/c1-17-12(8-5-4-6-9(15)11(8)16)13-14(21-3)19-10(20-2)7-18-13/h4-7,12,17H,1-3H3. The van der Waals surface area contributed by atoms with Crippen LogP contribution in [-0.4, -0.2) is 31.2 Å². The molecule has 0 aliphatic carbocycles. The average molecular weight is 373 g/mol. The van der Waals surface area contributed by atoms with Crippen molar-refractivity contribution in [3.05, 3.63) is 45.1 Å². The molecule has 1 unspecified atom stereocenters. The number of hydrogen-bond acceptors (Lipinski definition) is 5. The summed E-state index contributed by atoms with van der Waals surface area (Å²) in [4.78, 5) is 8.64. The van der Waals surface area contributed by atoms with Crippen molar-refractivity contribution in [2.75, 3.05) is 21.3 Å². The smallest absolute Gasteiger partial charge is 0.240 e. The van der Waals surface area contributed by atoms with E-state index in [1.807, 2.05) is 25.2 Å². The monoisotopic (exact) mass is 371 g/mol. The first-order valence-corrected chi connectivity index (χ1v) is 7.35. The second-order valence-electron chi connectivity index (χ2n) is 4.17. The molecule has 0 saturated carbocycles. The molecule has 21 heavy (non-hydrogen) atoms. The van der Waals surface area contributed by atoms with Crippen molar-refractivity contribution in [3.63, 3.8) is 0 Å². The van der Waals surface area contributed by atoms with Crippen LogP contribution in [-0.2, 0) is 0 Å². The Bertz CT molecular complexity index is 640. The summed E-state index contributed by atoms with van der Waals surface area (Å²) in [5.41, 5.74) is 1.52. The normalized spacial score (nSPS) is 12.0. The molecule has 0 bridgehead atoms. The van der Waals surface area contributed by atoms with Gasteiger partial charge in [0.1, 0.15) is 5.69 Å².